The fourth-order valence-corrected chi connectivity index (χ4v) is 3.03. The molecule has 2 N–H and O–H groups in total. The van der Waals surface area contributed by atoms with Crippen molar-refractivity contribution in [3.63, 3.8) is 0 Å². The van der Waals surface area contributed by atoms with E-state index in [-0.39, 0.29) is 23.9 Å². The van der Waals surface area contributed by atoms with Gasteiger partial charge in [-0.3, -0.25) is 9.59 Å². The first-order chi connectivity index (χ1) is 11.6. The second kappa shape index (κ2) is 6.74. The zero-order chi connectivity index (χ0) is 17.1. The van der Waals surface area contributed by atoms with Gasteiger partial charge in [-0.15, -0.1) is 0 Å². The number of ether oxygens (including phenoxy) is 1. The Morgan fingerprint density at radius 2 is 1.83 bits per heavy atom. The van der Waals surface area contributed by atoms with E-state index in [9.17, 15) is 9.59 Å². The highest BCUT2D eigenvalue weighted by atomic mass is 16.5. The van der Waals surface area contributed by atoms with E-state index >= 15 is 0 Å². The Labute approximate surface area is 140 Å². The lowest BCUT2D eigenvalue weighted by Crippen LogP contribution is -2.53. The van der Waals surface area contributed by atoms with Gasteiger partial charge in [0.1, 0.15) is 5.75 Å². The summed E-state index contributed by atoms with van der Waals surface area (Å²) in [4.78, 5) is 24.0. The molecule has 0 aliphatic heterocycles. The van der Waals surface area contributed by atoms with Crippen molar-refractivity contribution in [1.82, 2.24) is 10.6 Å². The number of nitrogens with one attached hydrogen (secondary N) is 2. The summed E-state index contributed by atoms with van der Waals surface area (Å²) in [6.45, 7) is 3.43. The van der Waals surface area contributed by atoms with Gasteiger partial charge < -0.3 is 15.4 Å². The molecule has 2 aromatic rings. The lowest BCUT2D eigenvalue weighted by atomic mass is 9.86. The molecule has 0 saturated heterocycles. The van der Waals surface area contributed by atoms with Crippen molar-refractivity contribution in [1.29, 1.82) is 0 Å². The summed E-state index contributed by atoms with van der Waals surface area (Å²) in [5.74, 6) is 0.227. The van der Waals surface area contributed by atoms with Crippen LogP contribution < -0.4 is 15.4 Å². The first-order valence-corrected chi connectivity index (χ1v) is 7.92. The van der Waals surface area contributed by atoms with E-state index in [4.69, 9.17) is 4.74 Å². The molecule has 1 fully saturated rings. The van der Waals surface area contributed by atoms with Crippen LogP contribution in [0.4, 0.5) is 0 Å². The summed E-state index contributed by atoms with van der Waals surface area (Å²) in [5, 5.41) is 7.71. The van der Waals surface area contributed by atoms with Crippen molar-refractivity contribution >= 4 is 22.6 Å². The summed E-state index contributed by atoms with van der Waals surface area (Å²) < 4.78 is 5.37. The summed E-state index contributed by atoms with van der Waals surface area (Å²) in [5.41, 5.74) is 0.550. The summed E-state index contributed by atoms with van der Waals surface area (Å²) in [6, 6.07) is 11.6. The first kappa shape index (κ1) is 16.1. The standard InChI is InChI=1S/C19H20N2O3/c1-3-17(22)20-13-10-14(11-13)21-19(23)18-15-7-5-4-6-12(15)8-9-16(18)24-2/h3-9,13-14H,1,10-11H2,2H3,(H,20,22)(H,21,23). The molecule has 24 heavy (non-hydrogen) atoms. The van der Waals surface area contributed by atoms with E-state index in [0.29, 0.717) is 11.3 Å². The minimum Gasteiger partial charge on any atom is -0.496 e. The molecule has 0 unspecified atom stereocenters. The van der Waals surface area contributed by atoms with Crippen molar-refractivity contribution in [3.05, 3.63) is 54.6 Å². The van der Waals surface area contributed by atoms with E-state index in [1.54, 1.807) is 7.11 Å². The third-order valence-corrected chi connectivity index (χ3v) is 4.34. The van der Waals surface area contributed by atoms with Crippen LogP contribution in [0.25, 0.3) is 10.8 Å². The van der Waals surface area contributed by atoms with Crippen LogP contribution in [0.5, 0.6) is 5.75 Å². The van der Waals surface area contributed by atoms with Crippen LogP contribution in [0.3, 0.4) is 0 Å². The van der Waals surface area contributed by atoms with Gasteiger partial charge in [-0.05, 0) is 35.8 Å². The van der Waals surface area contributed by atoms with Crippen molar-refractivity contribution in [2.75, 3.05) is 7.11 Å². The Balaban J connectivity index is 1.73. The SMILES string of the molecule is C=CC(=O)NC1CC(NC(=O)c2c(OC)ccc3ccccc23)C1. The Bertz CT molecular complexity index is 794. The average molecular weight is 324 g/mol. The highest BCUT2D eigenvalue weighted by Crippen LogP contribution is 2.29. The van der Waals surface area contributed by atoms with Gasteiger partial charge in [-0.25, -0.2) is 0 Å². The van der Waals surface area contributed by atoms with Crippen molar-refractivity contribution < 1.29 is 14.3 Å². The van der Waals surface area contributed by atoms with Crippen molar-refractivity contribution in [3.8, 4) is 5.75 Å². The van der Waals surface area contributed by atoms with Gasteiger partial charge in [0.15, 0.2) is 0 Å². The highest BCUT2D eigenvalue weighted by molar-refractivity contribution is 6.09. The van der Waals surface area contributed by atoms with E-state index in [1.165, 1.54) is 6.08 Å². The number of carbonyl (C=O) groups is 2. The molecule has 2 aromatic carbocycles. The summed E-state index contributed by atoms with van der Waals surface area (Å²) in [6.07, 6.45) is 2.70. The number of amides is 2. The molecule has 0 aromatic heterocycles. The van der Waals surface area contributed by atoms with E-state index in [1.807, 2.05) is 36.4 Å². The molecule has 0 heterocycles. The Morgan fingerprint density at radius 3 is 2.54 bits per heavy atom. The third-order valence-electron chi connectivity index (χ3n) is 4.34. The lowest BCUT2D eigenvalue weighted by molar-refractivity contribution is -0.117. The van der Waals surface area contributed by atoms with Crippen LogP contribution in [0.1, 0.15) is 23.2 Å². The highest BCUT2D eigenvalue weighted by Gasteiger charge is 2.32. The van der Waals surface area contributed by atoms with Crippen LogP contribution in [0.2, 0.25) is 0 Å². The minimum absolute atomic E-state index is 0.0521. The smallest absolute Gasteiger partial charge is 0.255 e. The number of benzene rings is 2. The van der Waals surface area contributed by atoms with Crippen LogP contribution in [0.15, 0.2) is 49.1 Å². The molecule has 3 rings (SSSR count). The number of fused-ring (bicyclic) bond motifs is 1. The van der Waals surface area contributed by atoms with Crippen LogP contribution >= 0.6 is 0 Å². The zero-order valence-corrected chi connectivity index (χ0v) is 13.5. The topological polar surface area (TPSA) is 67.4 Å². The monoisotopic (exact) mass is 324 g/mol. The summed E-state index contributed by atoms with van der Waals surface area (Å²) in [7, 11) is 1.56. The zero-order valence-electron chi connectivity index (χ0n) is 13.5. The molecular weight excluding hydrogens is 304 g/mol. The Morgan fingerprint density at radius 1 is 1.12 bits per heavy atom. The minimum atomic E-state index is -0.180. The van der Waals surface area contributed by atoms with Crippen molar-refractivity contribution in [2.24, 2.45) is 0 Å². The molecule has 124 valence electrons. The maximum Gasteiger partial charge on any atom is 0.255 e. The maximum atomic E-state index is 12.7. The molecule has 0 bridgehead atoms. The van der Waals surface area contributed by atoms with Crippen LogP contribution in [-0.4, -0.2) is 31.0 Å². The molecule has 1 aliphatic carbocycles. The fraction of sp³-hybridized carbons (Fsp3) is 0.263. The average Bonchev–Trinajstić information content (AvgIpc) is 2.58. The van der Waals surface area contributed by atoms with Crippen LogP contribution in [-0.2, 0) is 4.79 Å². The molecule has 1 aliphatic rings. The number of methoxy groups -OCH3 is 1. The quantitative estimate of drug-likeness (QED) is 0.830. The van der Waals surface area contributed by atoms with Gasteiger partial charge in [0, 0.05) is 12.1 Å². The maximum absolute atomic E-state index is 12.7. The number of carbonyl (C=O) groups excluding carboxylic acids is 2. The molecule has 0 spiro atoms. The Kier molecular flexibility index (Phi) is 4.51. The predicted octanol–water partition coefficient (Wildman–Crippen LogP) is 2.41. The van der Waals surface area contributed by atoms with Gasteiger partial charge in [0.2, 0.25) is 5.91 Å². The molecule has 2 amide bonds. The number of hydrogen-bond acceptors (Lipinski definition) is 3. The van der Waals surface area contributed by atoms with E-state index < -0.39 is 0 Å². The number of rotatable bonds is 5. The molecule has 5 nitrogen and oxygen atoms in total. The second-order valence-corrected chi connectivity index (χ2v) is 5.92. The van der Waals surface area contributed by atoms with E-state index in [2.05, 4.69) is 17.2 Å². The number of hydrogen-bond donors (Lipinski definition) is 2. The Hall–Kier alpha value is -2.82. The molecule has 0 atom stereocenters. The normalized spacial score (nSPS) is 19.2. The first-order valence-electron chi connectivity index (χ1n) is 7.92. The predicted molar refractivity (Wildman–Crippen MR) is 93.1 cm³/mol. The summed E-state index contributed by atoms with van der Waals surface area (Å²) >= 11 is 0. The molecule has 0 radical (unpaired) electrons. The van der Waals surface area contributed by atoms with Gasteiger partial charge in [-0.1, -0.05) is 36.9 Å². The molecule has 5 heteroatoms. The molecule has 1 saturated carbocycles. The van der Waals surface area contributed by atoms with E-state index in [0.717, 1.165) is 23.6 Å². The van der Waals surface area contributed by atoms with Gasteiger partial charge in [-0.2, -0.15) is 0 Å². The molecular formula is C19H20N2O3. The van der Waals surface area contributed by atoms with Gasteiger partial charge in [0.25, 0.3) is 5.91 Å². The third kappa shape index (κ3) is 3.11. The van der Waals surface area contributed by atoms with Crippen molar-refractivity contribution in [2.45, 2.75) is 24.9 Å². The van der Waals surface area contributed by atoms with Crippen LogP contribution in [0, 0.1) is 0 Å². The fourth-order valence-electron chi connectivity index (χ4n) is 3.03. The van der Waals surface area contributed by atoms with Gasteiger partial charge >= 0.3 is 0 Å². The lowest BCUT2D eigenvalue weighted by Gasteiger charge is -2.36. The second-order valence-electron chi connectivity index (χ2n) is 5.92. The van der Waals surface area contributed by atoms with Gasteiger partial charge in [0.05, 0.1) is 12.7 Å². The largest absolute Gasteiger partial charge is 0.496 e.